The normalized spacial score (nSPS) is 22.8. The van der Waals surface area contributed by atoms with Gasteiger partial charge in [-0.15, -0.1) is 0 Å². The van der Waals surface area contributed by atoms with Gasteiger partial charge in [-0.1, -0.05) is 13.8 Å². The van der Waals surface area contributed by atoms with Crippen LogP contribution in [0.15, 0.2) is 0 Å². The molecule has 0 unspecified atom stereocenters. The first kappa shape index (κ1) is 9.90. The van der Waals surface area contributed by atoms with Crippen molar-refractivity contribution in [3.8, 4) is 0 Å². The fourth-order valence-electron chi connectivity index (χ4n) is 1.51. The molecule has 1 nitrogen and oxygen atoms in total. The number of alkyl halides is 2. The summed E-state index contributed by atoms with van der Waals surface area (Å²) in [6, 6.07) is 0. The van der Waals surface area contributed by atoms with E-state index < -0.39 is 5.92 Å². The fraction of sp³-hybridized carbons (Fsp3) is 1.00. The van der Waals surface area contributed by atoms with Crippen LogP contribution in [0.5, 0.6) is 0 Å². The van der Waals surface area contributed by atoms with Gasteiger partial charge in [0.15, 0.2) is 0 Å². The average Bonchev–Trinajstić information content (AvgIpc) is 1.82. The first-order valence-electron chi connectivity index (χ1n) is 4.58. The Morgan fingerprint density at radius 1 is 1.42 bits per heavy atom. The Balaban J connectivity index is 1.97. The monoisotopic (exact) mass is 177 g/mol. The third-order valence-electron chi connectivity index (χ3n) is 2.16. The molecule has 12 heavy (non-hydrogen) atoms. The molecule has 0 saturated heterocycles. The maximum absolute atomic E-state index is 12.3. The number of rotatable bonds is 4. The van der Waals surface area contributed by atoms with Crippen LogP contribution in [0.3, 0.4) is 0 Å². The lowest BCUT2D eigenvalue weighted by Gasteiger charge is -2.35. The molecule has 72 valence electrons. The molecular formula is C9H17F2N. The molecule has 0 aliphatic heterocycles. The summed E-state index contributed by atoms with van der Waals surface area (Å²) < 4.78 is 24.7. The lowest BCUT2D eigenvalue weighted by Crippen LogP contribution is -2.41. The number of hydrogen-bond acceptors (Lipinski definition) is 1. The summed E-state index contributed by atoms with van der Waals surface area (Å²) in [5.41, 5.74) is 0. The molecule has 1 fully saturated rings. The van der Waals surface area contributed by atoms with Crippen molar-refractivity contribution < 1.29 is 8.78 Å². The van der Waals surface area contributed by atoms with Crippen LogP contribution in [-0.4, -0.2) is 19.0 Å². The second-order valence-electron chi connectivity index (χ2n) is 4.18. The molecule has 0 atom stereocenters. The predicted octanol–water partition coefficient (Wildman–Crippen LogP) is 2.28. The molecule has 0 aromatic heterocycles. The first-order valence-corrected chi connectivity index (χ1v) is 4.58. The molecule has 0 bridgehead atoms. The van der Waals surface area contributed by atoms with Crippen LogP contribution in [0.25, 0.3) is 0 Å². The van der Waals surface area contributed by atoms with Crippen molar-refractivity contribution in [3.05, 3.63) is 0 Å². The Kier molecular flexibility index (Phi) is 3.04. The molecule has 1 aliphatic rings. The second-order valence-corrected chi connectivity index (χ2v) is 4.18. The minimum Gasteiger partial charge on any atom is -0.316 e. The minimum atomic E-state index is -2.36. The summed E-state index contributed by atoms with van der Waals surface area (Å²) in [5, 5.41) is 3.19. The molecule has 0 aromatic rings. The zero-order chi connectivity index (χ0) is 9.19. The van der Waals surface area contributed by atoms with Crippen molar-refractivity contribution in [2.75, 3.05) is 13.1 Å². The van der Waals surface area contributed by atoms with Crippen LogP contribution in [0.1, 0.15) is 26.7 Å². The van der Waals surface area contributed by atoms with Gasteiger partial charge in [0.25, 0.3) is 0 Å². The molecule has 1 N–H and O–H groups in total. The van der Waals surface area contributed by atoms with E-state index >= 15 is 0 Å². The topological polar surface area (TPSA) is 12.0 Å². The van der Waals surface area contributed by atoms with Crippen LogP contribution in [0.4, 0.5) is 8.78 Å². The maximum atomic E-state index is 12.3. The lowest BCUT2D eigenvalue weighted by molar-refractivity contribution is -0.109. The van der Waals surface area contributed by atoms with Gasteiger partial charge in [0, 0.05) is 12.8 Å². The summed E-state index contributed by atoms with van der Waals surface area (Å²) in [6.45, 7) is 5.92. The Labute approximate surface area is 72.5 Å². The summed E-state index contributed by atoms with van der Waals surface area (Å²) in [4.78, 5) is 0. The second kappa shape index (κ2) is 3.69. The standard InChI is InChI=1S/C9H17F2N/c1-7(2)5-12-6-8-3-9(10,11)4-8/h7-8,12H,3-6H2,1-2H3. The third-order valence-corrected chi connectivity index (χ3v) is 2.16. The molecule has 1 rings (SSSR count). The van der Waals surface area contributed by atoms with Crippen molar-refractivity contribution in [1.29, 1.82) is 0 Å². The SMILES string of the molecule is CC(C)CNCC1CC(F)(F)C1. The molecule has 1 aliphatic carbocycles. The average molecular weight is 177 g/mol. The third kappa shape index (κ3) is 3.05. The van der Waals surface area contributed by atoms with Gasteiger partial charge >= 0.3 is 0 Å². The van der Waals surface area contributed by atoms with Gasteiger partial charge in [-0.2, -0.15) is 0 Å². The molecule has 0 radical (unpaired) electrons. The van der Waals surface area contributed by atoms with Crippen LogP contribution in [-0.2, 0) is 0 Å². The Hall–Kier alpha value is -0.180. The van der Waals surface area contributed by atoms with E-state index in [1.165, 1.54) is 0 Å². The Morgan fingerprint density at radius 3 is 2.42 bits per heavy atom. The van der Waals surface area contributed by atoms with E-state index in [4.69, 9.17) is 0 Å². The summed E-state index contributed by atoms with van der Waals surface area (Å²) in [6.07, 6.45) is 0.163. The summed E-state index contributed by atoms with van der Waals surface area (Å²) >= 11 is 0. The van der Waals surface area contributed by atoms with E-state index in [2.05, 4.69) is 19.2 Å². The van der Waals surface area contributed by atoms with Crippen molar-refractivity contribution in [2.24, 2.45) is 11.8 Å². The van der Waals surface area contributed by atoms with Crippen LogP contribution in [0.2, 0.25) is 0 Å². The highest BCUT2D eigenvalue weighted by molar-refractivity contribution is 4.87. The van der Waals surface area contributed by atoms with E-state index in [9.17, 15) is 8.78 Å². The Bertz CT molecular complexity index is 137. The van der Waals surface area contributed by atoms with Gasteiger partial charge < -0.3 is 5.32 Å². The number of halogens is 2. The Morgan fingerprint density at radius 2 is 2.00 bits per heavy atom. The number of hydrogen-bond donors (Lipinski definition) is 1. The van der Waals surface area contributed by atoms with E-state index in [-0.39, 0.29) is 18.8 Å². The summed E-state index contributed by atoms with van der Waals surface area (Å²) in [7, 11) is 0. The van der Waals surface area contributed by atoms with Crippen molar-refractivity contribution in [2.45, 2.75) is 32.6 Å². The zero-order valence-corrected chi connectivity index (χ0v) is 7.74. The van der Waals surface area contributed by atoms with Crippen molar-refractivity contribution in [3.63, 3.8) is 0 Å². The molecule has 0 spiro atoms. The molecule has 3 heteroatoms. The first-order chi connectivity index (χ1) is 5.49. The minimum absolute atomic E-state index is 0.0814. The highest BCUT2D eigenvalue weighted by atomic mass is 19.3. The van der Waals surface area contributed by atoms with Gasteiger partial charge in [-0.25, -0.2) is 8.78 Å². The van der Waals surface area contributed by atoms with Crippen molar-refractivity contribution in [1.82, 2.24) is 5.32 Å². The van der Waals surface area contributed by atoms with Crippen LogP contribution >= 0.6 is 0 Å². The van der Waals surface area contributed by atoms with Crippen LogP contribution in [0, 0.1) is 11.8 Å². The van der Waals surface area contributed by atoms with Crippen molar-refractivity contribution >= 4 is 0 Å². The molecule has 0 heterocycles. The van der Waals surface area contributed by atoms with Gasteiger partial charge in [-0.05, 0) is 24.9 Å². The largest absolute Gasteiger partial charge is 0.316 e. The maximum Gasteiger partial charge on any atom is 0.248 e. The number of nitrogens with one attached hydrogen (secondary N) is 1. The van der Waals surface area contributed by atoms with E-state index in [1.807, 2.05) is 0 Å². The van der Waals surface area contributed by atoms with Gasteiger partial charge in [-0.3, -0.25) is 0 Å². The quantitative estimate of drug-likeness (QED) is 0.694. The molecule has 0 aromatic carbocycles. The highest BCUT2D eigenvalue weighted by Gasteiger charge is 2.44. The molecule has 0 amide bonds. The lowest BCUT2D eigenvalue weighted by atomic mass is 9.81. The van der Waals surface area contributed by atoms with Gasteiger partial charge in [0.1, 0.15) is 0 Å². The highest BCUT2D eigenvalue weighted by Crippen LogP contribution is 2.41. The van der Waals surface area contributed by atoms with Gasteiger partial charge in [0.2, 0.25) is 5.92 Å². The summed E-state index contributed by atoms with van der Waals surface area (Å²) in [5.74, 6) is -1.55. The molecule has 1 saturated carbocycles. The fourth-order valence-corrected chi connectivity index (χ4v) is 1.51. The predicted molar refractivity (Wildman–Crippen MR) is 45.4 cm³/mol. The van der Waals surface area contributed by atoms with E-state index in [0.717, 1.165) is 13.1 Å². The van der Waals surface area contributed by atoms with Crippen LogP contribution < -0.4 is 5.32 Å². The van der Waals surface area contributed by atoms with E-state index in [0.29, 0.717) is 5.92 Å². The van der Waals surface area contributed by atoms with E-state index in [1.54, 1.807) is 0 Å². The smallest absolute Gasteiger partial charge is 0.248 e. The molecular weight excluding hydrogens is 160 g/mol. The zero-order valence-electron chi connectivity index (χ0n) is 7.74. The van der Waals surface area contributed by atoms with Gasteiger partial charge in [0.05, 0.1) is 0 Å².